The molecule has 0 fully saturated rings. The molecule has 2 rings (SSSR count). The number of benzene rings is 2. The summed E-state index contributed by atoms with van der Waals surface area (Å²) in [6, 6.07) is 16.2. The number of amides is 1. The summed E-state index contributed by atoms with van der Waals surface area (Å²) in [7, 11) is 0. The monoisotopic (exact) mass is 403 g/mol. The molecule has 29 heavy (non-hydrogen) atoms. The van der Waals surface area contributed by atoms with Gasteiger partial charge >= 0.3 is 6.09 Å². The number of ether oxygens (including phenoxy) is 3. The van der Waals surface area contributed by atoms with Gasteiger partial charge < -0.3 is 29.7 Å². The van der Waals surface area contributed by atoms with E-state index in [-0.39, 0.29) is 13.2 Å². The molecule has 0 heterocycles. The van der Waals surface area contributed by atoms with Gasteiger partial charge in [-0.2, -0.15) is 0 Å². The molecule has 2 aromatic rings. The molecule has 2 aromatic carbocycles. The second-order valence-corrected chi connectivity index (χ2v) is 6.36. The van der Waals surface area contributed by atoms with E-state index in [1.54, 1.807) is 24.3 Å². The van der Waals surface area contributed by atoms with Crippen molar-refractivity contribution in [2.45, 2.75) is 39.0 Å². The average molecular weight is 403 g/mol. The number of nitrogens with one attached hydrogen (secondary N) is 1. The van der Waals surface area contributed by atoms with Crippen molar-refractivity contribution in [3.05, 3.63) is 71.3 Å². The van der Waals surface area contributed by atoms with Crippen molar-refractivity contribution < 1.29 is 29.2 Å². The predicted octanol–water partition coefficient (Wildman–Crippen LogP) is 3.08. The summed E-state index contributed by atoms with van der Waals surface area (Å²) < 4.78 is 16.2. The fourth-order valence-electron chi connectivity index (χ4n) is 2.69. The molecule has 0 saturated heterocycles. The zero-order valence-corrected chi connectivity index (χ0v) is 16.8. The molecule has 0 aromatic heterocycles. The third-order valence-electron chi connectivity index (χ3n) is 4.22. The molecule has 2 unspecified atom stereocenters. The van der Waals surface area contributed by atoms with E-state index < -0.39 is 24.6 Å². The second kappa shape index (κ2) is 12.2. The molecule has 0 radical (unpaired) electrons. The summed E-state index contributed by atoms with van der Waals surface area (Å²) in [5, 5.41) is 23.0. The number of hydrogen-bond acceptors (Lipinski definition) is 6. The van der Waals surface area contributed by atoms with Crippen molar-refractivity contribution in [1.82, 2.24) is 5.32 Å². The van der Waals surface area contributed by atoms with E-state index in [2.05, 4.69) is 5.32 Å². The van der Waals surface area contributed by atoms with Crippen LogP contribution in [0.25, 0.3) is 0 Å². The lowest BCUT2D eigenvalue weighted by atomic mass is 10.0. The summed E-state index contributed by atoms with van der Waals surface area (Å²) in [5.41, 5.74) is 2.20. The van der Waals surface area contributed by atoms with Crippen molar-refractivity contribution in [1.29, 1.82) is 0 Å². The van der Waals surface area contributed by atoms with E-state index in [4.69, 9.17) is 14.2 Å². The topological polar surface area (TPSA) is 97.3 Å². The van der Waals surface area contributed by atoms with Crippen LogP contribution in [-0.4, -0.2) is 42.2 Å². The maximum atomic E-state index is 11.8. The molecule has 2 atom stereocenters. The largest absolute Gasteiger partial charge is 0.445 e. The molecule has 0 aliphatic carbocycles. The lowest BCUT2D eigenvalue weighted by molar-refractivity contribution is -0.140. The molecule has 0 spiro atoms. The van der Waals surface area contributed by atoms with Gasteiger partial charge in [0.2, 0.25) is 0 Å². The molecule has 7 heteroatoms. The highest BCUT2D eigenvalue weighted by Crippen LogP contribution is 2.23. The summed E-state index contributed by atoms with van der Waals surface area (Å²) in [5.74, 6) is 0. The zero-order valence-electron chi connectivity index (χ0n) is 16.8. The number of hydrogen-bond donors (Lipinski definition) is 3. The van der Waals surface area contributed by atoms with Crippen LogP contribution < -0.4 is 5.32 Å². The normalized spacial score (nSPS) is 13.1. The fraction of sp³-hybridized carbons (Fsp3) is 0.409. The van der Waals surface area contributed by atoms with Crippen LogP contribution >= 0.6 is 0 Å². The lowest BCUT2D eigenvalue weighted by Gasteiger charge is -2.20. The van der Waals surface area contributed by atoms with Crippen LogP contribution in [0.5, 0.6) is 0 Å². The zero-order chi connectivity index (χ0) is 21.1. The minimum atomic E-state index is -1.18. The number of carbonyl (C=O) groups is 1. The number of aliphatic hydroxyl groups is 2. The number of carbonyl (C=O) groups excluding carboxylic acids is 1. The van der Waals surface area contributed by atoms with Gasteiger partial charge in [0.05, 0.1) is 0 Å². The SMILES string of the molecule is CCOC(OCC)c1ccc(C(O)C(O)CNC(=O)OCc2ccccc2)cc1. The third kappa shape index (κ3) is 7.47. The highest BCUT2D eigenvalue weighted by molar-refractivity contribution is 5.67. The molecule has 3 N–H and O–H groups in total. The second-order valence-electron chi connectivity index (χ2n) is 6.36. The van der Waals surface area contributed by atoms with Crippen molar-refractivity contribution >= 4 is 6.09 Å². The smallest absolute Gasteiger partial charge is 0.407 e. The van der Waals surface area contributed by atoms with Gasteiger partial charge in [0.1, 0.15) is 18.8 Å². The first kappa shape index (κ1) is 22.8. The predicted molar refractivity (Wildman–Crippen MR) is 108 cm³/mol. The van der Waals surface area contributed by atoms with Gasteiger partial charge in [0.25, 0.3) is 0 Å². The minimum absolute atomic E-state index is 0.133. The third-order valence-corrected chi connectivity index (χ3v) is 4.22. The van der Waals surface area contributed by atoms with Gasteiger partial charge in [-0.1, -0.05) is 54.6 Å². The summed E-state index contributed by atoms with van der Waals surface area (Å²) in [6.07, 6.45) is -3.47. The van der Waals surface area contributed by atoms with Crippen LogP contribution in [0.15, 0.2) is 54.6 Å². The fourth-order valence-corrected chi connectivity index (χ4v) is 2.69. The molecule has 158 valence electrons. The van der Waals surface area contributed by atoms with Crippen LogP contribution in [0, 0.1) is 0 Å². The summed E-state index contributed by atoms with van der Waals surface area (Å²) >= 11 is 0. The Morgan fingerprint density at radius 2 is 1.52 bits per heavy atom. The maximum absolute atomic E-state index is 11.8. The standard InChI is InChI=1S/C22H29NO6/c1-3-27-21(28-4-2)18-12-10-17(11-13-18)20(25)19(24)14-23-22(26)29-15-16-8-6-5-7-9-16/h5-13,19-21,24-25H,3-4,14-15H2,1-2H3,(H,23,26). The Morgan fingerprint density at radius 1 is 0.931 bits per heavy atom. The van der Waals surface area contributed by atoms with Crippen molar-refractivity contribution in [3.8, 4) is 0 Å². The lowest BCUT2D eigenvalue weighted by Crippen LogP contribution is -2.35. The molecule has 7 nitrogen and oxygen atoms in total. The van der Waals surface area contributed by atoms with Crippen LogP contribution in [-0.2, 0) is 20.8 Å². The molecule has 0 aliphatic heterocycles. The van der Waals surface area contributed by atoms with Gasteiger partial charge in [-0.25, -0.2) is 4.79 Å². The number of alkyl carbamates (subject to hydrolysis) is 1. The maximum Gasteiger partial charge on any atom is 0.407 e. The van der Waals surface area contributed by atoms with E-state index in [1.807, 2.05) is 44.2 Å². The Labute approximate surface area is 171 Å². The van der Waals surface area contributed by atoms with Crippen LogP contribution in [0.3, 0.4) is 0 Å². The van der Waals surface area contributed by atoms with Crippen LogP contribution in [0.4, 0.5) is 4.79 Å². The van der Waals surface area contributed by atoms with E-state index in [9.17, 15) is 15.0 Å². The average Bonchev–Trinajstić information content (AvgIpc) is 2.76. The van der Waals surface area contributed by atoms with Gasteiger partial charge in [-0.3, -0.25) is 0 Å². The Balaban J connectivity index is 1.82. The van der Waals surface area contributed by atoms with Crippen molar-refractivity contribution in [2.75, 3.05) is 19.8 Å². The molecular weight excluding hydrogens is 374 g/mol. The number of rotatable bonds is 11. The van der Waals surface area contributed by atoms with Gasteiger partial charge in [-0.05, 0) is 25.0 Å². The van der Waals surface area contributed by atoms with Crippen LogP contribution in [0.2, 0.25) is 0 Å². The van der Waals surface area contributed by atoms with Gasteiger partial charge in [0, 0.05) is 25.3 Å². The molecule has 0 aliphatic rings. The van der Waals surface area contributed by atoms with E-state index in [0.717, 1.165) is 11.1 Å². The van der Waals surface area contributed by atoms with Crippen LogP contribution in [0.1, 0.15) is 42.9 Å². The Kier molecular flexibility index (Phi) is 9.59. The first-order valence-electron chi connectivity index (χ1n) is 9.68. The van der Waals surface area contributed by atoms with E-state index in [1.165, 1.54) is 0 Å². The van der Waals surface area contributed by atoms with Gasteiger partial charge in [0.15, 0.2) is 6.29 Å². The number of aliphatic hydroxyl groups excluding tert-OH is 2. The molecular formula is C22H29NO6. The van der Waals surface area contributed by atoms with Gasteiger partial charge in [-0.15, -0.1) is 0 Å². The summed E-state index contributed by atoms with van der Waals surface area (Å²) in [6.45, 7) is 4.79. The van der Waals surface area contributed by atoms with E-state index >= 15 is 0 Å². The first-order valence-corrected chi connectivity index (χ1v) is 9.68. The highest BCUT2D eigenvalue weighted by Gasteiger charge is 2.20. The summed E-state index contributed by atoms with van der Waals surface area (Å²) in [4.78, 5) is 11.8. The first-order chi connectivity index (χ1) is 14.0. The Bertz CT molecular complexity index is 716. The molecule has 0 bridgehead atoms. The minimum Gasteiger partial charge on any atom is -0.445 e. The van der Waals surface area contributed by atoms with Crippen molar-refractivity contribution in [3.63, 3.8) is 0 Å². The van der Waals surface area contributed by atoms with E-state index in [0.29, 0.717) is 18.8 Å². The molecule has 1 amide bonds. The Hall–Kier alpha value is -2.45. The quantitative estimate of drug-likeness (QED) is 0.499. The molecule has 0 saturated carbocycles. The highest BCUT2D eigenvalue weighted by atomic mass is 16.7. The van der Waals surface area contributed by atoms with Crippen molar-refractivity contribution in [2.24, 2.45) is 0 Å². The Morgan fingerprint density at radius 3 is 2.10 bits per heavy atom.